The average molecular weight is 560 g/mol. The normalized spacial score (nSPS) is 16.0. The van der Waals surface area contributed by atoms with Gasteiger partial charge in [0.15, 0.2) is 11.8 Å². The third kappa shape index (κ3) is 7.12. The first kappa shape index (κ1) is 26.0. The molecule has 1 aromatic carbocycles. The number of fused-ring (bicyclic) bond motifs is 1. The zero-order chi connectivity index (χ0) is 22.4. The van der Waals surface area contributed by atoms with Gasteiger partial charge in [0.25, 0.3) is 0 Å². The fourth-order valence-corrected chi connectivity index (χ4v) is 3.24. The fraction of sp³-hybridized carbons (Fsp3) is 0.500. The predicted molar refractivity (Wildman–Crippen MR) is 129 cm³/mol. The summed E-state index contributed by atoms with van der Waals surface area (Å²) in [5, 5.41) is 11.2. The Morgan fingerprint density at radius 3 is 2.81 bits per heavy atom. The fourth-order valence-electron chi connectivity index (χ4n) is 3.24. The third-order valence-corrected chi connectivity index (χ3v) is 4.81. The summed E-state index contributed by atoms with van der Waals surface area (Å²) in [6.45, 7) is 7.68. The first-order valence-corrected chi connectivity index (χ1v) is 10.4. The van der Waals surface area contributed by atoms with Crippen LogP contribution in [0.25, 0.3) is 0 Å². The van der Waals surface area contributed by atoms with Gasteiger partial charge in [0.1, 0.15) is 12.4 Å². The van der Waals surface area contributed by atoms with Crippen molar-refractivity contribution >= 4 is 29.9 Å². The Balaban J connectivity index is 0.00000363. The highest BCUT2D eigenvalue weighted by molar-refractivity contribution is 14.0. The standard InChI is InChI=1S/C22H27F3N6.HI/c1-4-26-21(27-12-6-8-16-7-5-9-17(13-16)22(23,24)25)28-18-10-11-19-29-20(15(2)3)30-31(19)14-18;/h5,7,9,13,15,18H,4,10-12,14H2,1-3H3,(H2,26,27,28);1H. The minimum atomic E-state index is -4.38. The Kier molecular flexibility index (Phi) is 9.36. The van der Waals surface area contributed by atoms with E-state index < -0.39 is 11.7 Å². The van der Waals surface area contributed by atoms with Crippen molar-refractivity contribution in [3.8, 4) is 11.8 Å². The van der Waals surface area contributed by atoms with E-state index in [-0.39, 0.29) is 36.6 Å². The van der Waals surface area contributed by atoms with Crippen LogP contribution in [-0.2, 0) is 19.1 Å². The van der Waals surface area contributed by atoms with E-state index in [2.05, 4.69) is 51.4 Å². The molecule has 0 spiro atoms. The first-order valence-electron chi connectivity index (χ1n) is 10.4. The number of benzene rings is 1. The number of guanidine groups is 1. The molecule has 0 fully saturated rings. The van der Waals surface area contributed by atoms with Gasteiger partial charge in [0.05, 0.1) is 12.1 Å². The number of aliphatic imine (C=N–C) groups is 1. The van der Waals surface area contributed by atoms with Crippen LogP contribution in [0.3, 0.4) is 0 Å². The highest BCUT2D eigenvalue weighted by atomic mass is 127. The van der Waals surface area contributed by atoms with Crippen molar-refractivity contribution in [2.75, 3.05) is 13.1 Å². The topological polar surface area (TPSA) is 67.1 Å². The minimum absolute atomic E-state index is 0. The van der Waals surface area contributed by atoms with Gasteiger partial charge in [-0.2, -0.15) is 18.3 Å². The number of hydrogen-bond donors (Lipinski definition) is 2. The molecule has 0 amide bonds. The van der Waals surface area contributed by atoms with E-state index in [0.29, 0.717) is 30.5 Å². The van der Waals surface area contributed by atoms with E-state index in [0.717, 1.165) is 36.6 Å². The van der Waals surface area contributed by atoms with Crippen molar-refractivity contribution in [1.82, 2.24) is 25.4 Å². The van der Waals surface area contributed by atoms with Crippen LogP contribution in [0.15, 0.2) is 29.3 Å². The first-order chi connectivity index (χ1) is 14.8. The largest absolute Gasteiger partial charge is 0.416 e. The van der Waals surface area contributed by atoms with Gasteiger partial charge in [-0.1, -0.05) is 31.8 Å². The predicted octanol–water partition coefficient (Wildman–Crippen LogP) is 3.96. The molecular formula is C22H28F3IN6. The van der Waals surface area contributed by atoms with Crippen LogP contribution in [0.1, 0.15) is 55.9 Å². The summed E-state index contributed by atoms with van der Waals surface area (Å²) in [5.41, 5.74) is -0.391. The molecule has 32 heavy (non-hydrogen) atoms. The molecule has 1 unspecified atom stereocenters. The summed E-state index contributed by atoms with van der Waals surface area (Å²) in [6.07, 6.45) is -2.62. The van der Waals surface area contributed by atoms with Gasteiger partial charge in [-0.15, -0.1) is 24.0 Å². The van der Waals surface area contributed by atoms with Crippen molar-refractivity contribution in [1.29, 1.82) is 0 Å². The molecule has 0 bridgehead atoms. The van der Waals surface area contributed by atoms with E-state index in [1.54, 1.807) is 6.07 Å². The highest BCUT2D eigenvalue weighted by Crippen LogP contribution is 2.29. The molecule has 2 N–H and O–H groups in total. The highest BCUT2D eigenvalue weighted by Gasteiger charge is 2.30. The van der Waals surface area contributed by atoms with Gasteiger partial charge in [-0.3, -0.25) is 0 Å². The van der Waals surface area contributed by atoms with Crippen molar-refractivity contribution in [3.63, 3.8) is 0 Å². The molecule has 3 rings (SSSR count). The number of aryl methyl sites for hydroxylation is 1. The maximum Gasteiger partial charge on any atom is 0.416 e. The summed E-state index contributed by atoms with van der Waals surface area (Å²) in [6, 6.07) is 5.14. The molecular weight excluding hydrogens is 532 g/mol. The van der Waals surface area contributed by atoms with Crippen LogP contribution in [0.4, 0.5) is 13.2 Å². The second-order valence-corrected chi connectivity index (χ2v) is 7.68. The van der Waals surface area contributed by atoms with Gasteiger partial charge >= 0.3 is 6.18 Å². The molecule has 0 saturated heterocycles. The molecule has 6 nitrogen and oxygen atoms in total. The smallest absolute Gasteiger partial charge is 0.357 e. The molecule has 1 aromatic heterocycles. The van der Waals surface area contributed by atoms with Gasteiger partial charge in [-0.25, -0.2) is 14.7 Å². The lowest BCUT2D eigenvalue weighted by molar-refractivity contribution is -0.137. The zero-order valence-corrected chi connectivity index (χ0v) is 20.7. The van der Waals surface area contributed by atoms with E-state index >= 15 is 0 Å². The molecule has 174 valence electrons. The Bertz CT molecular complexity index is 988. The van der Waals surface area contributed by atoms with Crippen LogP contribution < -0.4 is 10.6 Å². The number of hydrogen-bond acceptors (Lipinski definition) is 3. The quantitative estimate of drug-likeness (QED) is 0.257. The van der Waals surface area contributed by atoms with Crippen LogP contribution in [-0.4, -0.2) is 39.9 Å². The van der Waals surface area contributed by atoms with Crippen molar-refractivity contribution in [2.45, 2.75) is 58.3 Å². The average Bonchev–Trinajstić information content (AvgIpc) is 3.15. The molecule has 0 saturated carbocycles. The van der Waals surface area contributed by atoms with Gasteiger partial charge < -0.3 is 10.6 Å². The van der Waals surface area contributed by atoms with E-state index in [1.807, 2.05) is 11.6 Å². The monoisotopic (exact) mass is 560 g/mol. The molecule has 0 radical (unpaired) electrons. The van der Waals surface area contributed by atoms with Crippen molar-refractivity contribution in [3.05, 3.63) is 47.0 Å². The van der Waals surface area contributed by atoms with Crippen molar-refractivity contribution in [2.24, 2.45) is 4.99 Å². The van der Waals surface area contributed by atoms with E-state index in [4.69, 9.17) is 0 Å². The SMILES string of the molecule is CCNC(=NCC#Cc1cccc(C(F)(F)F)c1)NC1CCc2nc(C(C)C)nn2C1.I. The molecule has 10 heteroatoms. The van der Waals surface area contributed by atoms with Crippen LogP contribution in [0.2, 0.25) is 0 Å². The third-order valence-electron chi connectivity index (χ3n) is 4.81. The Labute approximate surface area is 203 Å². The van der Waals surface area contributed by atoms with E-state index in [1.165, 1.54) is 6.07 Å². The number of rotatable bonds is 4. The second kappa shape index (κ2) is 11.5. The molecule has 2 heterocycles. The minimum Gasteiger partial charge on any atom is -0.357 e. The summed E-state index contributed by atoms with van der Waals surface area (Å²) >= 11 is 0. The lowest BCUT2D eigenvalue weighted by atomic mass is 10.1. The number of aromatic nitrogens is 3. The molecule has 2 aromatic rings. The maximum absolute atomic E-state index is 12.8. The number of nitrogens with one attached hydrogen (secondary N) is 2. The van der Waals surface area contributed by atoms with Crippen LogP contribution in [0.5, 0.6) is 0 Å². The second-order valence-electron chi connectivity index (χ2n) is 7.68. The number of halogens is 4. The molecule has 1 aliphatic rings. The molecule has 1 atom stereocenters. The molecule has 0 aliphatic carbocycles. The Hall–Kier alpha value is -2.29. The van der Waals surface area contributed by atoms with Gasteiger partial charge in [0.2, 0.25) is 0 Å². The number of alkyl halides is 3. The number of nitrogens with zero attached hydrogens (tertiary/aromatic N) is 4. The lowest BCUT2D eigenvalue weighted by Crippen LogP contribution is -2.47. The summed E-state index contributed by atoms with van der Waals surface area (Å²) < 4.78 is 40.4. The lowest BCUT2D eigenvalue weighted by Gasteiger charge is -2.25. The summed E-state index contributed by atoms with van der Waals surface area (Å²) in [5.74, 6) is 8.36. The van der Waals surface area contributed by atoms with E-state index in [9.17, 15) is 13.2 Å². The van der Waals surface area contributed by atoms with Crippen molar-refractivity contribution < 1.29 is 13.2 Å². The molecule has 1 aliphatic heterocycles. The Morgan fingerprint density at radius 2 is 2.12 bits per heavy atom. The van der Waals surface area contributed by atoms with Gasteiger partial charge in [0, 0.05) is 30.5 Å². The zero-order valence-electron chi connectivity index (χ0n) is 18.3. The van der Waals surface area contributed by atoms with Gasteiger partial charge in [-0.05, 0) is 31.5 Å². The summed E-state index contributed by atoms with van der Waals surface area (Å²) in [4.78, 5) is 9.04. The maximum atomic E-state index is 12.8. The summed E-state index contributed by atoms with van der Waals surface area (Å²) in [7, 11) is 0. The van der Waals surface area contributed by atoms with Crippen LogP contribution in [0, 0.1) is 11.8 Å². The van der Waals surface area contributed by atoms with Crippen LogP contribution >= 0.6 is 24.0 Å². The Morgan fingerprint density at radius 1 is 1.34 bits per heavy atom.